The molecular weight excluding hydrogens is 334 g/mol. The van der Waals surface area contributed by atoms with Crippen molar-refractivity contribution in [3.63, 3.8) is 0 Å². The van der Waals surface area contributed by atoms with Crippen molar-refractivity contribution in [3.05, 3.63) is 0 Å². The molecule has 9 atom stereocenters. The fraction of sp³-hybridized carbons (Fsp3) is 1.00. The van der Waals surface area contributed by atoms with Crippen LogP contribution in [-0.4, -0.2) is 115 Å². The van der Waals surface area contributed by atoms with Gasteiger partial charge in [0.05, 0.1) is 19.8 Å². The molecule has 0 aliphatic carbocycles. The van der Waals surface area contributed by atoms with E-state index in [1.54, 1.807) is 0 Å². The monoisotopic (exact) mass is 359 g/mol. The van der Waals surface area contributed by atoms with Gasteiger partial charge in [0, 0.05) is 0 Å². The van der Waals surface area contributed by atoms with E-state index in [-0.39, 0.29) is 6.15 Å². The van der Waals surface area contributed by atoms with E-state index in [4.69, 9.17) is 24.4 Å². The third kappa shape index (κ3) is 3.70. The average Bonchev–Trinajstić information content (AvgIpc) is 2.80. The van der Waals surface area contributed by atoms with Crippen LogP contribution in [0.15, 0.2) is 0 Å². The Balaban J connectivity index is 0.00000288. The van der Waals surface area contributed by atoms with Crippen molar-refractivity contribution in [2.75, 3.05) is 19.8 Å². The van der Waals surface area contributed by atoms with Crippen LogP contribution in [0.2, 0.25) is 0 Å². The van der Waals surface area contributed by atoms with Crippen LogP contribution in [0.4, 0.5) is 0 Å². The molecule has 11 N–H and O–H groups in total. The van der Waals surface area contributed by atoms with Crippen LogP contribution in [0.5, 0.6) is 0 Å². The second-order valence-electron chi connectivity index (χ2n) is 5.58. The quantitative estimate of drug-likeness (QED) is 0.224. The van der Waals surface area contributed by atoms with Crippen molar-refractivity contribution < 1.29 is 55.1 Å². The minimum atomic E-state index is -2.37. The zero-order chi connectivity index (χ0) is 17.4. The molecule has 0 aromatic heterocycles. The molecule has 0 radical (unpaired) electrons. The van der Waals surface area contributed by atoms with Gasteiger partial charge in [0.2, 0.25) is 5.79 Å². The SMILES string of the molecule is N.OC[C@H]1O[C@@H](O[C@@H]2[C@@H](CO)O[C@](O)(CO)[C@H]2O)[C@H](O)[C@@H](O)[C@H]1O. The van der Waals surface area contributed by atoms with Gasteiger partial charge in [-0.15, -0.1) is 0 Å². The molecule has 12 nitrogen and oxygen atoms in total. The molecular formula is C12H25NO11. The van der Waals surface area contributed by atoms with Gasteiger partial charge in [-0.1, -0.05) is 0 Å². The summed E-state index contributed by atoms with van der Waals surface area (Å²) in [6.45, 7) is -2.32. The molecule has 2 aliphatic heterocycles. The van der Waals surface area contributed by atoms with Gasteiger partial charge in [0.15, 0.2) is 6.29 Å². The zero-order valence-electron chi connectivity index (χ0n) is 12.7. The molecule has 2 fully saturated rings. The molecule has 2 rings (SSSR count). The highest BCUT2D eigenvalue weighted by atomic mass is 16.7. The fourth-order valence-corrected chi connectivity index (χ4v) is 2.63. The third-order valence-corrected chi connectivity index (χ3v) is 4.04. The lowest BCUT2D eigenvalue weighted by atomic mass is 9.99. The van der Waals surface area contributed by atoms with Crippen LogP contribution < -0.4 is 6.15 Å². The van der Waals surface area contributed by atoms with Gasteiger partial charge < -0.3 is 61.2 Å². The highest BCUT2D eigenvalue weighted by molar-refractivity contribution is 4.98. The summed E-state index contributed by atoms with van der Waals surface area (Å²) in [6, 6.07) is 0. The van der Waals surface area contributed by atoms with E-state index in [2.05, 4.69) is 0 Å². The highest BCUT2D eigenvalue weighted by Crippen LogP contribution is 2.33. The lowest BCUT2D eigenvalue weighted by molar-refractivity contribution is -0.318. The summed E-state index contributed by atoms with van der Waals surface area (Å²) in [5, 5.41) is 76.5. The maximum absolute atomic E-state index is 10.00. The minimum absolute atomic E-state index is 0. The summed E-state index contributed by atoms with van der Waals surface area (Å²) in [6.07, 6.45) is -12.2. The number of rotatable bonds is 5. The van der Waals surface area contributed by atoms with Crippen molar-refractivity contribution in [1.29, 1.82) is 0 Å². The summed E-state index contributed by atoms with van der Waals surface area (Å²) in [5.74, 6) is -2.37. The maximum atomic E-state index is 10.00. The normalized spacial score (nSPS) is 49.0. The molecule has 0 unspecified atom stereocenters. The number of hydrogen-bond acceptors (Lipinski definition) is 12. The Bertz CT molecular complexity index is 399. The molecule has 0 aromatic carbocycles. The van der Waals surface area contributed by atoms with Crippen LogP contribution in [0, 0.1) is 0 Å². The summed E-state index contributed by atoms with van der Waals surface area (Å²) < 4.78 is 15.3. The standard InChI is InChI=1S/C12H22O11.H3N/c13-1-4-6(16)7(17)8(18)11(21-4)22-9-5(2-14)23-12(20,3-15)10(9)19;/h4-11,13-20H,1-3H2;1H3/t4-,5-,6+,7+,8-,9-,10+,11+,12-;/m1./s1. The van der Waals surface area contributed by atoms with Gasteiger partial charge in [-0.25, -0.2) is 0 Å². The predicted molar refractivity (Wildman–Crippen MR) is 73.7 cm³/mol. The van der Waals surface area contributed by atoms with Crippen LogP contribution in [0.1, 0.15) is 0 Å². The van der Waals surface area contributed by atoms with Gasteiger partial charge in [0.1, 0.15) is 42.7 Å². The Morgan fingerprint density at radius 2 is 1.46 bits per heavy atom. The molecule has 12 heteroatoms. The lowest BCUT2D eigenvalue weighted by Gasteiger charge is -2.41. The molecule has 2 saturated heterocycles. The average molecular weight is 359 g/mol. The minimum Gasteiger partial charge on any atom is -0.394 e. The fourth-order valence-electron chi connectivity index (χ4n) is 2.63. The van der Waals surface area contributed by atoms with Crippen LogP contribution in [0.25, 0.3) is 0 Å². The van der Waals surface area contributed by atoms with Gasteiger partial charge in [-0.3, -0.25) is 0 Å². The van der Waals surface area contributed by atoms with Crippen molar-refractivity contribution in [3.8, 4) is 0 Å². The molecule has 144 valence electrons. The van der Waals surface area contributed by atoms with Crippen LogP contribution in [-0.2, 0) is 14.2 Å². The molecule has 0 amide bonds. The first-order valence-corrected chi connectivity index (χ1v) is 7.05. The van der Waals surface area contributed by atoms with Gasteiger partial charge in [-0.05, 0) is 0 Å². The Morgan fingerprint density at radius 1 is 0.875 bits per heavy atom. The molecule has 0 bridgehead atoms. The molecule has 24 heavy (non-hydrogen) atoms. The largest absolute Gasteiger partial charge is 0.394 e. The molecule has 0 spiro atoms. The Hall–Kier alpha value is -0.480. The third-order valence-electron chi connectivity index (χ3n) is 4.04. The van der Waals surface area contributed by atoms with Crippen LogP contribution in [0.3, 0.4) is 0 Å². The van der Waals surface area contributed by atoms with Gasteiger partial charge in [0.25, 0.3) is 0 Å². The summed E-state index contributed by atoms with van der Waals surface area (Å²) in [5.41, 5.74) is 0. The van der Waals surface area contributed by atoms with Crippen molar-refractivity contribution in [1.82, 2.24) is 6.15 Å². The van der Waals surface area contributed by atoms with Gasteiger partial charge in [-0.2, -0.15) is 0 Å². The first-order chi connectivity index (χ1) is 10.8. The van der Waals surface area contributed by atoms with Crippen LogP contribution >= 0.6 is 0 Å². The zero-order valence-corrected chi connectivity index (χ0v) is 12.7. The summed E-state index contributed by atoms with van der Waals surface area (Å²) in [7, 11) is 0. The second kappa shape index (κ2) is 8.27. The molecule has 0 saturated carbocycles. The first kappa shape index (κ1) is 21.6. The summed E-state index contributed by atoms with van der Waals surface area (Å²) in [4.78, 5) is 0. The van der Waals surface area contributed by atoms with E-state index in [9.17, 15) is 30.6 Å². The van der Waals surface area contributed by atoms with Gasteiger partial charge >= 0.3 is 0 Å². The number of hydrogen-bond donors (Lipinski definition) is 9. The smallest absolute Gasteiger partial charge is 0.219 e. The topological polar surface area (TPSA) is 225 Å². The van der Waals surface area contributed by atoms with Crippen molar-refractivity contribution in [2.45, 2.75) is 54.8 Å². The molecule has 2 aliphatic rings. The molecule has 0 aromatic rings. The molecule has 2 heterocycles. The number of ether oxygens (including phenoxy) is 3. The number of aliphatic hydroxyl groups excluding tert-OH is 7. The van der Waals surface area contributed by atoms with E-state index >= 15 is 0 Å². The van der Waals surface area contributed by atoms with Crippen molar-refractivity contribution >= 4 is 0 Å². The first-order valence-electron chi connectivity index (χ1n) is 7.05. The van der Waals surface area contributed by atoms with E-state index in [0.29, 0.717) is 0 Å². The second-order valence-corrected chi connectivity index (χ2v) is 5.58. The highest BCUT2D eigenvalue weighted by Gasteiger charge is 2.56. The maximum Gasteiger partial charge on any atom is 0.219 e. The Kier molecular flexibility index (Phi) is 7.43. The number of aliphatic hydroxyl groups is 8. The van der Waals surface area contributed by atoms with E-state index in [1.165, 1.54) is 0 Å². The van der Waals surface area contributed by atoms with E-state index < -0.39 is 74.6 Å². The van der Waals surface area contributed by atoms with E-state index in [0.717, 1.165) is 0 Å². The Labute approximate surface area is 137 Å². The summed E-state index contributed by atoms with van der Waals surface area (Å²) >= 11 is 0. The van der Waals surface area contributed by atoms with E-state index in [1.807, 2.05) is 0 Å². The predicted octanol–water partition coefficient (Wildman–Crippen LogP) is -5.23. The van der Waals surface area contributed by atoms with Crippen molar-refractivity contribution in [2.24, 2.45) is 0 Å². The Morgan fingerprint density at radius 3 is 1.96 bits per heavy atom. The lowest BCUT2D eigenvalue weighted by Crippen LogP contribution is -2.60.